The molecule has 0 bridgehead atoms. The number of pyridine rings is 2. The van der Waals surface area contributed by atoms with Crippen LogP contribution in [-0.2, 0) is 0 Å². The molecule has 0 unspecified atom stereocenters. The maximum atomic E-state index is 8.61. The predicted molar refractivity (Wildman–Crippen MR) is 113 cm³/mol. The lowest BCUT2D eigenvalue weighted by atomic mass is 10.0. The van der Waals surface area contributed by atoms with E-state index in [0.717, 1.165) is 11.1 Å². The number of nitrogens with one attached hydrogen (secondary N) is 3. The molecule has 0 aromatic carbocycles. The van der Waals surface area contributed by atoms with E-state index in [2.05, 4.69) is 20.6 Å². The van der Waals surface area contributed by atoms with E-state index in [1.165, 1.54) is 12.4 Å². The van der Waals surface area contributed by atoms with Gasteiger partial charge >= 0.3 is 0 Å². The molecule has 0 amide bonds. The molecule has 2 heterocycles. The molecule has 0 radical (unpaired) electrons. The Labute approximate surface area is 164 Å². The second kappa shape index (κ2) is 9.73. The number of allylic oxidation sites excluding steroid dienone is 3. The van der Waals surface area contributed by atoms with E-state index < -0.39 is 0 Å². The van der Waals surface area contributed by atoms with Gasteiger partial charge in [-0.3, -0.25) is 4.98 Å². The fraction of sp³-hybridized carbons (Fsp3) is 0.200. The Hall–Kier alpha value is -3.86. The zero-order valence-corrected chi connectivity index (χ0v) is 15.9. The first-order chi connectivity index (χ1) is 13.5. The summed E-state index contributed by atoms with van der Waals surface area (Å²) in [5.41, 5.74) is 15.3. The van der Waals surface area contributed by atoms with Gasteiger partial charge in [0.05, 0.1) is 17.1 Å². The summed E-state index contributed by atoms with van der Waals surface area (Å²) >= 11 is 0. The molecule has 0 aliphatic carbocycles. The second-order valence-corrected chi connectivity index (χ2v) is 6.29. The maximum Gasteiger partial charge on any atom is 0.132 e. The molecule has 0 saturated carbocycles. The maximum absolute atomic E-state index is 8.61. The normalized spacial score (nSPS) is 12.7. The molecule has 0 spiro atoms. The van der Waals surface area contributed by atoms with Crippen LogP contribution in [0.5, 0.6) is 0 Å². The molecule has 28 heavy (non-hydrogen) atoms. The topological polar surface area (TPSA) is 150 Å². The third kappa shape index (κ3) is 5.32. The van der Waals surface area contributed by atoms with Crippen molar-refractivity contribution in [2.24, 2.45) is 17.4 Å². The summed E-state index contributed by atoms with van der Waals surface area (Å²) in [6.45, 7) is 4.22. The fourth-order valence-electron chi connectivity index (χ4n) is 2.42. The van der Waals surface area contributed by atoms with Crippen LogP contribution >= 0.6 is 0 Å². The van der Waals surface area contributed by atoms with E-state index in [4.69, 9.17) is 22.1 Å². The van der Waals surface area contributed by atoms with Crippen molar-refractivity contribution in [2.75, 3.05) is 11.9 Å². The summed E-state index contributed by atoms with van der Waals surface area (Å²) in [6, 6.07) is 7.44. The highest BCUT2D eigenvalue weighted by Crippen LogP contribution is 2.19. The lowest BCUT2D eigenvalue weighted by Crippen LogP contribution is -2.12. The zero-order chi connectivity index (χ0) is 20.5. The Balaban J connectivity index is 2.31. The van der Waals surface area contributed by atoms with Gasteiger partial charge in [-0.25, -0.2) is 4.98 Å². The first-order valence-electron chi connectivity index (χ1n) is 8.72. The lowest BCUT2D eigenvalue weighted by Gasteiger charge is -2.10. The van der Waals surface area contributed by atoms with Gasteiger partial charge in [0, 0.05) is 29.7 Å². The van der Waals surface area contributed by atoms with Gasteiger partial charge in [-0.05, 0) is 42.0 Å². The van der Waals surface area contributed by atoms with Crippen LogP contribution in [0.3, 0.4) is 0 Å². The minimum Gasteiger partial charge on any atom is -0.404 e. The largest absolute Gasteiger partial charge is 0.404 e. The number of hydrogen-bond donors (Lipinski definition) is 5. The number of nitrogens with zero attached hydrogens (tertiary/aromatic N) is 3. The summed E-state index contributed by atoms with van der Waals surface area (Å²) in [5.74, 6) is 1.26. The third-order valence-corrected chi connectivity index (χ3v) is 3.92. The van der Waals surface area contributed by atoms with Gasteiger partial charge < -0.3 is 27.5 Å². The van der Waals surface area contributed by atoms with Crippen LogP contribution in [0.4, 0.5) is 5.82 Å². The van der Waals surface area contributed by atoms with Gasteiger partial charge in [0.1, 0.15) is 18.2 Å². The molecule has 8 nitrogen and oxygen atoms in total. The minimum absolute atomic E-state index is 0.159. The highest BCUT2D eigenvalue weighted by atomic mass is 15.1. The Morgan fingerprint density at radius 3 is 2.79 bits per heavy atom. The van der Waals surface area contributed by atoms with Crippen molar-refractivity contribution in [3.63, 3.8) is 0 Å². The average Bonchev–Trinajstić information content (AvgIpc) is 2.68. The molecule has 8 heteroatoms. The number of fused-ring (bicyclic) bond motifs is 1. The molecule has 144 valence electrons. The molecule has 0 atom stereocenters. The van der Waals surface area contributed by atoms with Crippen LogP contribution in [0.15, 0.2) is 54.3 Å². The Morgan fingerprint density at radius 1 is 1.36 bits per heavy atom. The van der Waals surface area contributed by atoms with E-state index in [9.17, 15) is 0 Å². The molecular formula is C20H24N8. The van der Waals surface area contributed by atoms with Gasteiger partial charge in [0.25, 0.3) is 0 Å². The van der Waals surface area contributed by atoms with E-state index >= 15 is 0 Å². The van der Waals surface area contributed by atoms with E-state index in [-0.39, 0.29) is 12.5 Å². The first kappa shape index (κ1) is 20.5. The monoisotopic (exact) mass is 376 g/mol. The van der Waals surface area contributed by atoms with Crippen molar-refractivity contribution in [2.45, 2.75) is 13.8 Å². The zero-order valence-electron chi connectivity index (χ0n) is 15.9. The molecule has 2 aromatic heterocycles. The summed E-state index contributed by atoms with van der Waals surface area (Å²) < 4.78 is 0. The van der Waals surface area contributed by atoms with E-state index in [1.807, 2.05) is 32.0 Å². The smallest absolute Gasteiger partial charge is 0.132 e. The molecule has 0 aliphatic heterocycles. The van der Waals surface area contributed by atoms with Crippen molar-refractivity contribution >= 4 is 28.6 Å². The molecule has 0 saturated heterocycles. The van der Waals surface area contributed by atoms with Crippen molar-refractivity contribution in [1.82, 2.24) is 15.3 Å². The van der Waals surface area contributed by atoms with Crippen LogP contribution in [0, 0.1) is 22.7 Å². The number of anilines is 1. The summed E-state index contributed by atoms with van der Waals surface area (Å²) in [4.78, 5) is 8.93. The number of nitrogens with two attached hydrogens (primary N) is 2. The fourth-order valence-corrected chi connectivity index (χ4v) is 2.42. The van der Waals surface area contributed by atoms with Crippen molar-refractivity contribution in [1.29, 1.82) is 10.7 Å². The summed E-state index contributed by atoms with van der Waals surface area (Å²) in [5, 5.41) is 22.1. The molecule has 0 aliphatic rings. The van der Waals surface area contributed by atoms with Crippen LogP contribution in [-0.4, -0.2) is 22.7 Å². The highest BCUT2D eigenvalue weighted by Gasteiger charge is 2.06. The summed E-state index contributed by atoms with van der Waals surface area (Å²) in [6.07, 6.45) is 7.78. The van der Waals surface area contributed by atoms with Gasteiger partial charge in [0.15, 0.2) is 0 Å². The van der Waals surface area contributed by atoms with Crippen molar-refractivity contribution < 1.29 is 0 Å². The van der Waals surface area contributed by atoms with E-state index in [0.29, 0.717) is 28.3 Å². The quantitative estimate of drug-likeness (QED) is 0.205. The molecule has 7 N–H and O–H groups in total. The van der Waals surface area contributed by atoms with Gasteiger partial charge in [0.2, 0.25) is 0 Å². The van der Waals surface area contributed by atoms with Crippen LogP contribution in [0.25, 0.3) is 16.6 Å². The highest BCUT2D eigenvalue weighted by molar-refractivity contribution is 6.08. The molecule has 0 fully saturated rings. The number of rotatable bonds is 8. The van der Waals surface area contributed by atoms with Gasteiger partial charge in [-0.15, -0.1) is 0 Å². The average molecular weight is 376 g/mol. The predicted octanol–water partition coefficient (Wildman–Crippen LogP) is 2.44. The Kier molecular flexibility index (Phi) is 7.11. The first-order valence-corrected chi connectivity index (χ1v) is 8.72. The second-order valence-electron chi connectivity index (χ2n) is 6.29. The number of hydrogen-bond acceptors (Lipinski definition) is 8. The van der Waals surface area contributed by atoms with Crippen molar-refractivity contribution in [3.8, 4) is 6.07 Å². The third-order valence-electron chi connectivity index (χ3n) is 3.92. The number of nitriles is 1. The molecule has 2 aromatic rings. The molecule has 2 rings (SSSR count). The van der Waals surface area contributed by atoms with Gasteiger partial charge in [-0.2, -0.15) is 5.26 Å². The Bertz CT molecular complexity index is 979. The summed E-state index contributed by atoms with van der Waals surface area (Å²) in [7, 11) is 0. The van der Waals surface area contributed by atoms with Crippen LogP contribution < -0.4 is 22.1 Å². The lowest BCUT2D eigenvalue weighted by molar-refractivity contribution is 0.786. The minimum atomic E-state index is 0.159. The standard InChI is InChI=1S/C20H24N8/c1-13(2)14(9-22)8-19(24)28-20-4-3-17-18(27-20)7-15(12-26-17)16(10-23)11-25-6-5-21/h3-4,7-13,23,25H,6,22,24H2,1-2H3,(H,27,28)/b14-9+,16-11+,19-8+,23-10?. The molecular weight excluding hydrogens is 352 g/mol. The number of aromatic nitrogens is 2. The van der Waals surface area contributed by atoms with Crippen LogP contribution in [0.1, 0.15) is 19.4 Å². The van der Waals surface area contributed by atoms with Crippen molar-refractivity contribution in [3.05, 3.63) is 59.8 Å². The van der Waals surface area contributed by atoms with Crippen LogP contribution in [0.2, 0.25) is 0 Å². The SMILES string of the molecule is CC(C)C(=C/N)/C=C(\N)Nc1ccc2ncc(/C(C=N)=C/NCC#N)cc2n1. The van der Waals surface area contributed by atoms with E-state index in [1.54, 1.807) is 24.5 Å². The Morgan fingerprint density at radius 2 is 2.14 bits per heavy atom. The van der Waals surface area contributed by atoms with Gasteiger partial charge in [-0.1, -0.05) is 13.8 Å².